The van der Waals surface area contributed by atoms with Crippen LogP contribution in [0.15, 0.2) is 23.7 Å². The summed E-state index contributed by atoms with van der Waals surface area (Å²) in [6.07, 6.45) is 8.40. The van der Waals surface area contributed by atoms with E-state index >= 15 is 0 Å². The Balaban J connectivity index is 1.91. The first-order valence-corrected chi connectivity index (χ1v) is 6.03. The Kier molecular flexibility index (Phi) is 2.59. The zero-order valence-corrected chi connectivity index (χ0v) is 9.54. The molecule has 1 unspecified atom stereocenters. The summed E-state index contributed by atoms with van der Waals surface area (Å²) in [5, 5.41) is 5.87. The predicted molar refractivity (Wildman–Crippen MR) is 63.5 cm³/mol. The average molecular weight is 230 g/mol. The van der Waals surface area contributed by atoms with Gasteiger partial charge in [-0.15, -0.1) is 0 Å². The van der Waals surface area contributed by atoms with Gasteiger partial charge in [-0.05, 0) is 19.3 Å². The van der Waals surface area contributed by atoms with Crippen LogP contribution in [0.2, 0.25) is 0 Å². The number of carbonyl (C=O) groups is 1. The minimum absolute atomic E-state index is 0.00698. The lowest BCUT2D eigenvalue weighted by Crippen LogP contribution is -2.27. The number of rotatable bonds is 1. The van der Waals surface area contributed by atoms with Gasteiger partial charge in [-0.3, -0.25) is 4.79 Å². The van der Waals surface area contributed by atoms with Crippen molar-refractivity contribution >= 4 is 17.4 Å². The molecule has 17 heavy (non-hydrogen) atoms. The molecular formula is C12H14N4O. The molecule has 88 valence electrons. The molecule has 1 aromatic heterocycles. The van der Waals surface area contributed by atoms with Gasteiger partial charge in [-0.25, -0.2) is 9.97 Å². The quantitative estimate of drug-likeness (QED) is 0.738. The Bertz CT molecular complexity index is 457. The third-order valence-electron chi connectivity index (χ3n) is 3.35. The summed E-state index contributed by atoms with van der Waals surface area (Å²) in [5.74, 6) is 0.638. The molecule has 1 atom stereocenters. The fourth-order valence-corrected chi connectivity index (χ4v) is 2.46. The topological polar surface area (TPSA) is 58.5 Å². The van der Waals surface area contributed by atoms with E-state index in [0.29, 0.717) is 5.82 Å². The molecule has 5 heteroatoms. The molecule has 0 saturated heterocycles. The number of amides is 1. The minimum Gasteiger partial charge on any atom is -0.272 e. The maximum Gasteiger partial charge on any atom is 0.257 e. The average Bonchev–Trinajstić information content (AvgIpc) is 2.56. The lowest BCUT2D eigenvalue weighted by atomic mass is 9.98. The predicted octanol–water partition coefficient (Wildman–Crippen LogP) is 1.76. The molecule has 2 aliphatic rings. The van der Waals surface area contributed by atoms with Gasteiger partial charge in [0, 0.05) is 12.3 Å². The number of hydrazone groups is 1. The molecule has 3 rings (SSSR count). The zero-order valence-electron chi connectivity index (χ0n) is 9.54. The van der Waals surface area contributed by atoms with Crippen LogP contribution in [0.5, 0.6) is 0 Å². The van der Waals surface area contributed by atoms with Crippen LogP contribution in [0, 0.1) is 5.92 Å². The summed E-state index contributed by atoms with van der Waals surface area (Å²) in [6, 6.07) is 1.72. The van der Waals surface area contributed by atoms with Gasteiger partial charge in [0.2, 0.25) is 0 Å². The normalized spacial score (nSPS) is 24.2. The van der Waals surface area contributed by atoms with Gasteiger partial charge < -0.3 is 0 Å². The summed E-state index contributed by atoms with van der Waals surface area (Å²) >= 11 is 0. The summed E-state index contributed by atoms with van der Waals surface area (Å²) < 4.78 is 0. The number of fused-ring (bicyclic) bond motifs is 1. The van der Waals surface area contributed by atoms with Crippen LogP contribution < -0.4 is 5.01 Å². The molecule has 1 aliphatic carbocycles. The molecule has 0 bridgehead atoms. The van der Waals surface area contributed by atoms with Crippen LogP contribution in [0.25, 0.3) is 0 Å². The largest absolute Gasteiger partial charge is 0.272 e. The van der Waals surface area contributed by atoms with E-state index in [4.69, 9.17) is 0 Å². The van der Waals surface area contributed by atoms with Crippen molar-refractivity contribution in [3.05, 3.63) is 18.6 Å². The van der Waals surface area contributed by atoms with E-state index in [0.717, 1.165) is 31.4 Å². The van der Waals surface area contributed by atoms with Crippen LogP contribution in [0.3, 0.4) is 0 Å². The second kappa shape index (κ2) is 4.24. The van der Waals surface area contributed by atoms with Crippen molar-refractivity contribution in [2.75, 3.05) is 5.01 Å². The van der Waals surface area contributed by atoms with E-state index in [1.807, 2.05) is 0 Å². The number of hydrogen-bond acceptors (Lipinski definition) is 4. The molecule has 1 fully saturated rings. The molecule has 0 N–H and O–H groups in total. The monoisotopic (exact) mass is 230 g/mol. The molecule has 0 aromatic carbocycles. The van der Waals surface area contributed by atoms with Gasteiger partial charge in [-0.1, -0.05) is 12.8 Å². The van der Waals surface area contributed by atoms with Crippen molar-refractivity contribution in [3.63, 3.8) is 0 Å². The minimum atomic E-state index is -0.00698. The van der Waals surface area contributed by atoms with Gasteiger partial charge in [0.05, 0.1) is 11.6 Å². The van der Waals surface area contributed by atoms with E-state index < -0.39 is 0 Å². The van der Waals surface area contributed by atoms with Crippen molar-refractivity contribution in [3.8, 4) is 0 Å². The van der Waals surface area contributed by atoms with E-state index in [9.17, 15) is 4.79 Å². The molecule has 1 saturated carbocycles. The van der Waals surface area contributed by atoms with Gasteiger partial charge >= 0.3 is 0 Å². The number of anilines is 1. The first-order chi connectivity index (χ1) is 8.36. The summed E-state index contributed by atoms with van der Waals surface area (Å²) in [6.45, 7) is 0. The molecule has 5 nitrogen and oxygen atoms in total. The van der Waals surface area contributed by atoms with Crippen LogP contribution in [-0.2, 0) is 4.79 Å². The van der Waals surface area contributed by atoms with Crippen molar-refractivity contribution in [2.45, 2.75) is 32.1 Å². The maximum absolute atomic E-state index is 12.2. The smallest absolute Gasteiger partial charge is 0.257 e. The zero-order chi connectivity index (χ0) is 11.7. The molecule has 1 aromatic rings. The van der Waals surface area contributed by atoms with Crippen molar-refractivity contribution < 1.29 is 4.79 Å². The van der Waals surface area contributed by atoms with E-state index in [2.05, 4.69) is 15.1 Å². The molecule has 1 aliphatic heterocycles. The van der Waals surface area contributed by atoms with Crippen molar-refractivity contribution in [2.24, 2.45) is 11.0 Å². The SMILES string of the molecule is O=C1C2CCCCCC2=NN1c1ccncn1. The van der Waals surface area contributed by atoms with Gasteiger partial charge in [0.25, 0.3) is 5.91 Å². The highest BCUT2D eigenvalue weighted by atomic mass is 16.2. The molecule has 0 spiro atoms. The van der Waals surface area contributed by atoms with Crippen LogP contribution in [-0.4, -0.2) is 21.6 Å². The molecule has 0 radical (unpaired) electrons. The van der Waals surface area contributed by atoms with Crippen molar-refractivity contribution in [1.29, 1.82) is 0 Å². The summed E-state index contributed by atoms with van der Waals surface area (Å²) in [7, 11) is 0. The lowest BCUT2D eigenvalue weighted by molar-refractivity contribution is -0.119. The number of carbonyl (C=O) groups excluding carboxylic acids is 1. The highest BCUT2D eigenvalue weighted by Crippen LogP contribution is 2.30. The molecule has 2 heterocycles. The van der Waals surface area contributed by atoms with Gasteiger partial charge in [0.1, 0.15) is 6.33 Å². The highest BCUT2D eigenvalue weighted by molar-refractivity contribution is 6.15. The second-order valence-corrected chi connectivity index (χ2v) is 4.46. The Morgan fingerprint density at radius 2 is 2.24 bits per heavy atom. The van der Waals surface area contributed by atoms with E-state index in [-0.39, 0.29) is 11.8 Å². The first-order valence-electron chi connectivity index (χ1n) is 6.03. The standard InChI is InChI=1S/C12H14N4O/c17-12-9-4-2-1-3-5-10(9)15-16(12)11-6-7-13-8-14-11/h6-9H,1-5H2. The lowest BCUT2D eigenvalue weighted by Gasteiger charge is -2.12. The third-order valence-corrected chi connectivity index (χ3v) is 3.35. The Labute approximate surface area is 99.6 Å². The van der Waals surface area contributed by atoms with Crippen molar-refractivity contribution in [1.82, 2.24) is 9.97 Å². The molecular weight excluding hydrogens is 216 g/mol. The highest BCUT2D eigenvalue weighted by Gasteiger charge is 2.37. The molecule has 1 amide bonds. The first kappa shape index (κ1) is 10.4. The Morgan fingerprint density at radius 1 is 1.29 bits per heavy atom. The third kappa shape index (κ3) is 1.81. The van der Waals surface area contributed by atoms with Crippen LogP contribution in [0.4, 0.5) is 5.82 Å². The second-order valence-electron chi connectivity index (χ2n) is 4.46. The Morgan fingerprint density at radius 3 is 3.06 bits per heavy atom. The van der Waals surface area contributed by atoms with Crippen LogP contribution in [0.1, 0.15) is 32.1 Å². The fourth-order valence-electron chi connectivity index (χ4n) is 2.46. The summed E-state index contributed by atoms with van der Waals surface area (Å²) in [5.41, 5.74) is 1.03. The van der Waals surface area contributed by atoms with Crippen LogP contribution >= 0.6 is 0 Å². The summed E-state index contributed by atoms with van der Waals surface area (Å²) in [4.78, 5) is 20.2. The number of nitrogens with zero attached hydrogens (tertiary/aromatic N) is 4. The van der Waals surface area contributed by atoms with E-state index in [1.165, 1.54) is 17.8 Å². The maximum atomic E-state index is 12.2. The van der Waals surface area contributed by atoms with E-state index in [1.54, 1.807) is 12.3 Å². The fraction of sp³-hybridized carbons (Fsp3) is 0.500. The number of aromatic nitrogens is 2. The number of hydrogen-bond donors (Lipinski definition) is 0. The Hall–Kier alpha value is -1.78. The van der Waals surface area contributed by atoms with Gasteiger partial charge in [-0.2, -0.15) is 10.1 Å². The van der Waals surface area contributed by atoms with Gasteiger partial charge in [0.15, 0.2) is 5.82 Å².